The first-order chi connectivity index (χ1) is 51.4. The molecule has 0 bridgehead atoms. The van der Waals surface area contributed by atoms with Crippen molar-refractivity contribution >= 4 is 125 Å². The lowest BCUT2D eigenvalue weighted by molar-refractivity contribution is -0.576. The fourth-order valence-corrected chi connectivity index (χ4v) is 10.8. The van der Waals surface area contributed by atoms with Crippen LogP contribution in [-0.4, -0.2) is 68.4 Å². The first kappa shape index (κ1) is 81.0. The van der Waals surface area contributed by atoms with E-state index in [1.807, 2.05) is 152 Å². The minimum absolute atomic E-state index is 0.250. The number of aromatic nitrogens is 5. The van der Waals surface area contributed by atoms with E-state index in [0.29, 0.717) is 61.4 Å². The predicted molar refractivity (Wildman–Crippen MR) is 427 cm³/mol. The average molecular weight is 1500 g/mol. The smallest absolute Gasteiger partial charge is 0.494 e. The van der Waals surface area contributed by atoms with Crippen molar-refractivity contribution in [3.63, 3.8) is 0 Å². The average Bonchev–Trinajstić information content (AvgIpc) is 1.60. The van der Waals surface area contributed by atoms with Gasteiger partial charge in [0.05, 0.1) is 56.2 Å². The Labute approximate surface area is 635 Å². The maximum atomic E-state index is 13.1. The van der Waals surface area contributed by atoms with E-state index in [-0.39, 0.29) is 28.7 Å². The summed E-state index contributed by atoms with van der Waals surface area (Å²) in [6.07, 6.45) is 1.21. The summed E-state index contributed by atoms with van der Waals surface area (Å²) in [6.45, 7) is 24.2. The molecule has 1 aliphatic heterocycles. The molecule has 20 nitrogen and oxygen atoms in total. The number of ether oxygens (including phenoxy) is 3. The summed E-state index contributed by atoms with van der Waals surface area (Å²) in [5, 5.41) is 35.9. The summed E-state index contributed by atoms with van der Waals surface area (Å²) in [6, 6.07) is 64.3. The minimum atomic E-state index is -0.582. The molecule has 7 N–H and O–H groups in total. The second-order valence-electron chi connectivity index (χ2n) is 28.9. The van der Waals surface area contributed by atoms with Crippen molar-refractivity contribution in [1.82, 2.24) is 15.0 Å². The molecular weight excluding hydrogens is 1410 g/mol. The molecule has 1 fully saturated rings. The van der Waals surface area contributed by atoms with Gasteiger partial charge in [0.2, 0.25) is 11.0 Å². The van der Waals surface area contributed by atoms with Crippen LogP contribution in [0.25, 0.3) is 77.0 Å². The van der Waals surface area contributed by atoms with Crippen molar-refractivity contribution in [2.45, 2.75) is 118 Å². The second kappa shape index (κ2) is 34.6. The first-order valence-corrected chi connectivity index (χ1v) is 35.0. The second-order valence-corrected chi connectivity index (χ2v) is 29.3. The molecular formula is C84H85BClF3N10O10. The number of amides is 3. The molecule has 0 radical (unpaired) electrons. The largest absolute Gasteiger partial charge is 0.618 e. The van der Waals surface area contributed by atoms with Crippen LogP contribution in [0, 0.1) is 27.9 Å². The Hall–Kier alpha value is -12.1. The Kier molecular flexibility index (Phi) is 25.7. The molecule has 0 aliphatic carbocycles. The molecule has 3 amide bonds. The molecule has 5 aromatic heterocycles. The number of anilines is 5. The maximum absolute atomic E-state index is 13.1. The van der Waals surface area contributed by atoms with Crippen LogP contribution in [0.4, 0.5) is 56.0 Å². The Balaban J connectivity index is 0.000000152. The molecule has 0 unspecified atom stereocenters. The van der Waals surface area contributed by atoms with Gasteiger partial charge in [0.15, 0.2) is 12.4 Å². The zero-order valence-electron chi connectivity index (χ0n) is 62.6. The van der Waals surface area contributed by atoms with Crippen LogP contribution < -0.4 is 42.3 Å². The summed E-state index contributed by atoms with van der Waals surface area (Å²) in [5.41, 5.74) is 18.9. The molecule has 14 rings (SSSR count). The molecule has 0 spiro atoms. The highest BCUT2D eigenvalue weighted by Gasteiger charge is 2.51. The van der Waals surface area contributed by atoms with E-state index in [2.05, 4.69) is 30.9 Å². The number of nitrogens with two attached hydrogens (primary N) is 2. The number of carbonyl (C=O) groups excluding carboxylic acids is 3. The highest BCUT2D eigenvalue weighted by molar-refractivity contribution is 6.62. The number of hydrogen-bond acceptors (Lipinski definition) is 15. The van der Waals surface area contributed by atoms with Crippen LogP contribution in [0.2, 0.25) is 5.15 Å². The summed E-state index contributed by atoms with van der Waals surface area (Å²) < 4.78 is 67.7. The summed E-state index contributed by atoms with van der Waals surface area (Å²) in [4.78, 5) is 48.9. The van der Waals surface area contributed by atoms with Gasteiger partial charge in [0.25, 0.3) is 0 Å². The van der Waals surface area contributed by atoms with Gasteiger partial charge in [0, 0.05) is 50.2 Å². The van der Waals surface area contributed by atoms with Gasteiger partial charge in [-0.3, -0.25) is 16.0 Å². The lowest BCUT2D eigenvalue weighted by Gasteiger charge is -2.32. The topological polar surface area (TPSA) is 278 Å². The quantitative estimate of drug-likeness (QED) is 0.0258. The zero-order chi connectivity index (χ0) is 79.2. The third-order valence-electron chi connectivity index (χ3n) is 16.3. The van der Waals surface area contributed by atoms with E-state index in [0.717, 1.165) is 64.2 Å². The van der Waals surface area contributed by atoms with E-state index in [4.69, 9.17) is 46.6 Å². The minimum Gasteiger partial charge on any atom is -0.618 e. The molecule has 13 aromatic rings. The molecule has 0 saturated carbocycles. The van der Waals surface area contributed by atoms with Gasteiger partial charge in [-0.1, -0.05) is 84.4 Å². The van der Waals surface area contributed by atoms with E-state index in [9.17, 15) is 38.0 Å². The van der Waals surface area contributed by atoms with Gasteiger partial charge >= 0.3 is 25.4 Å². The maximum Gasteiger partial charge on any atom is 0.494 e. The van der Waals surface area contributed by atoms with Gasteiger partial charge < -0.3 is 45.4 Å². The Morgan fingerprint density at radius 2 is 0.761 bits per heavy atom. The number of para-hydroxylation sites is 5. The number of nitrogens with zero attached hydrogens (tertiary/aromatic N) is 5. The molecule has 8 aromatic carbocycles. The Bertz CT molecular complexity index is 5320. The standard InChI is InChI=1S/C20H19FN2O2.C15H11FN2.C14H15ClN2O2.C14H16N2O3.C12H16BFO2.C9H8N2O/c1-20(2,3)25-19(24)23-17-6-4-5-14-9-12-16(22-18(14)17)13-7-10-15(21)11-8-13;16-12-7-4-10(5-8-12)14-9-6-11-2-1-3-13(17)15(11)18-14;1-14(2,3)19-13(18)16-10-6-4-5-9-7-8-11(15)17-12(9)10;1-14(2,3)19-13(17)15-11-8-4-6-10-7-5-9-16(18)12(10)11;1-11(2)12(3,4)16-13(15-11)9-5-7-10(14)8-6-9;10-8-5-1-3-7-4-2-6-11(12)9(7)8/h4-12H,1-3H3,(H,23,24);1-9H,17H2;4-8H,1-3H3,(H,16,18);4-9H,1-3H3,(H,15,17);5-8H,1-4H3;1-6H,10H2. The Morgan fingerprint density at radius 3 is 1.20 bits per heavy atom. The van der Waals surface area contributed by atoms with Crippen molar-refractivity contribution in [3.05, 3.63) is 270 Å². The third kappa shape index (κ3) is 22.7. The van der Waals surface area contributed by atoms with Crippen LogP contribution in [-0.2, 0) is 23.5 Å². The fourth-order valence-electron chi connectivity index (χ4n) is 10.7. The molecule has 1 aliphatic rings. The van der Waals surface area contributed by atoms with E-state index in [1.165, 1.54) is 48.8 Å². The summed E-state index contributed by atoms with van der Waals surface area (Å²) in [5.74, 6) is -0.795. The van der Waals surface area contributed by atoms with Crippen molar-refractivity contribution in [2.24, 2.45) is 0 Å². The molecule has 109 heavy (non-hydrogen) atoms. The van der Waals surface area contributed by atoms with E-state index >= 15 is 0 Å². The number of benzene rings is 8. The van der Waals surface area contributed by atoms with Crippen LogP contribution in [0.1, 0.15) is 90.0 Å². The lowest BCUT2D eigenvalue weighted by atomic mass is 9.79. The first-order valence-electron chi connectivity index (χ1n) is 34.6. The number of pyridine rings is 5. The SMILES string of the molecule is CC(C)(C)OC(=O)Nc1cccc2ccc(-c3ccc(F)cc3)nc12.CC(C)(C)OC(=O)Nc1cccc2ccc(Cl)nc12.CC(C)(C)OC(=O)Nc1cccc2ccc[n+]([O-])c12.CC1(C)OB(c2ccc(F)cc2)OC1(C)C.Nc1cccc2ccc(-c3ccc(F)cc3)nc12.Nc1cccc2ccc[n+]([O-])c12. The zero-order valence-corrected chi connectivity index (χ0v) is 63.3. The predicted octanol–water partition coefficient (Wildman–Crippen LogP) is 19.2. The fraction of sp³-hybridized carbons (Fsp3) is 0.214. The van der Waals surface area contributed by atoms with Gasteiger partial charge in [-0.05, 0) is 235 Å². The van der Waals surface area contributed by atoms with Crippen LogP contribution in [0.3, 0.4) is 0 Å². The molecule has 0 atom stereocenters. The van der Waals surface area contributed by atoms with Crippen LogP contribution in [0.5, 0.6) is 0 Å². The van der Waals surface area contributed by atoms with Gasteiger partial charge in [-0.2, -0.15) is 9.46 Å². The number of nitrogen functional groups attached to an aromatic ring is 2. The number of fused-ring (bicyclic) bond motifs is 5. The summed E-state index contributed by atoms with van der Waals surface area (Å²) in [7, 11) is -0.411. The molecule has 1 saturated heterocycles. The number of carbonyl (C=O) groups is 3. The van der Waals surface area contributed by atoms with Crippen molar-refractivity contribution in [2.75, 3.05) is 27.4 Å². The van der Waals surface area contributed by atoms with Gasteiger partial charge in [0.1, 0.15) is 50.8 Å². The molecule has 6 heterocycles. The van der Waals surface area contributed by atoms with Gasteiger partial charge in [-0.25, -0.2) is 42.5 Å². The highest BCUT2D eigenvalue weighted by Crippen LogP contribution is 2.37. The number of halogens is 4. The van der Waals surface area contributed by atoms with Crippen LogP contribution >= 0.6 is 11.6 Å². The highest BCUT2D eigenvalue weighted by atomic mass is 35.5. The Morgan fingerprint density at radius 1 is 0.422 bits per heavy atom. The normalized spacial score (nSPS) is 12.8. The van der Waals surface area contributed by atoms with Crippen molar-refractivity contribution in [1.29, 1.82) is 0 Å². The van der Waals surface area contributed by atoms with Gasteiger partial charge in [-0.15, -0.1) is 0 Å². The van der Waals surface area contributed by atoms with E-state index < -0.39 is 42.2 Å². The lowest BCUT2D eigenvalue weighted by Crippen LogP contribution is -2.41. The number of hydrogen-bond donors (Lipinski definition) is 5. The number of rotatable bonds is 6. The third-order valence-corrected chi connectivity index (χ3v) is 16.6. The van der Waals surface area contributed by atoms with Crippen molar-refractivity contribution < 1.29 is 60.5 Å². The summed E-state index contributed by atoms with van der Waals surface area (Å²) >= 11 is 5.88. The molecule has 25 heteroatoms. The monoisotopic (exact) mass is 1500 g/mol. The van der Waals surface area contributed by atoms with Crippen molar-refractivity contribution in [3.8, 4) is 22.5 Å². The number of nitrogens with one attached hydrogen (secondary N) is 3. The van der Waals surface area contributed by atoms with E-state index in [1.54, 1.807) is 126 Å². The molecule has 562 valence electrons. The van der Waals surface area contributed by atoms with Crippen LogP contribution in [0.15, 0.2) is 237 Å².